The van der Waals surface area contributed by atoms with Crippen molar-refractivity contribution in [3.63, 3.8) is 0 Å². The van der Waals surface area contributed by atoms with Gasteiger partial charge < -0.3 is 14.8 Å². The van der Waals surface area contributed by atoms with Gasteiger partial charge in [0.1, 0.15) is 16.7 Å². The topological polar surface area (TPSA) is 196 Å². The first kappa shape index (κ1) is 41.2. The van der Waals surface area contributed by atoms with Crippen molar-refractivity contribution in [2.45, 2.75) is 87.3 Å². The highest BCUT2D eigenvalue weighted by molar-refractivity contribution is 7.86. The zero-order valence-electron chi connectivity index (χ0n) is 30.8. The molecule has 0 unspecified atom stereocenters. The smallest absolute Gasteiger partial charge is 0.294 e. The van der Waals surface area contributed by atoms with Crippen molar-refractivity contribution in [3.05, 3.63) is 106 Å². The summed E-state index contributed by atoms with van der Waals surface area (Å²) < 4.78 is 71.0. The maximum Gasteiger partial charge on any atom is 0.294 e. The highest BCUT2D eigenvalue weighted by atomic mass is 32.2. The van der Waals surface area contributed by atoms with Gasteiger partial charge in [-0.2, -0.15) is 13.0 Å². The van der Waals surface area contributed by atoms with Gasteiger partial charge in [-0.15, -0.1) is 0 Å². The summed E-state index contributed by atoms with van der Waals surface area (Å²) in [6.07, 6.45) is 16.8. The monoisotopic (exact) mass is 764 g/mol. The van der Waals surface area contributed by atoms with Gasteiger partial charge in [0.05, 0.1) is 15.2 Å². The second-order valence-corrected chi connectivity index (χ2v) is 16.8. The van der Waals surface area contributed by atoms with Crippen LogP contribution in [0.2, 0.25) is 0 Å². The number of rotatable bonds is 17. The number of anilines is 1. The molecule has 2 N–H and O–H groups in total. The number of benzene rings is 2. The summed E-state index contributed by atoms with van der Waals surface area (Å²) in [6.45, 7) is 12.1. The van der Waals surface area contributed by atoms with Crippen molar-refractivity contribution in [2.24, 2.45) is 5.11 Å². The summed E-state index contributed by atoms with van der Waals surface area (Å²) in [6, 6.07) is 9.17. The Balaban J connectivity index is 1.49. The summed E-state index contributed by atoms with van der Waals surface area (Å²) in [7, 11) is -8.97. The summed E-state index contributed by atoms with van der Waals surface area (Å²) in [5, 5.41) is 6.29. The van der Waals surface area contributed by atoms with E-state index in [4.69, 9.17) is 5.53 Å². The van der Waals surface area contributed by atoms with E-state index in [1.807, 2.05) is 77.2 Å². The zero-order chi connectivity index (χ0) is 39.0. The standard InChI is InChI=1S/C38H48N6O7S2/c1-6-43-32-21-19-28(52(46,47)48)26-30(32)37(2,3)34(43)16-11-8-7-9-12-17-35-38(4,5)31-27-29(53(49,50)51)20-22-33(31)44(35)25-14-10-13-18-36(45)40-23-15-24-41-42-39/h7-9,11-12,16-17,19-22,26-27H,6,10,13-15,18,23-25H2,1-5H3,(H2-,40,45,46,47,48,49,50,51). The molecule has 4 rings (SSSR count). The quantitative estimate of drug-likeness (QED) is 0.0328. The van der Waals surface area contributed by atoms with Crippen molar-refractivity contribution < 1.29 is 35.3 Å². The first-order valence-corrected chi connectivity index (χ1v) is 20.4. The molecule has 0 radical (unpaired) electrons. The first-order valence-electron chi connectivity index (χ1n) is 17.6. The number of azide groups is 1. The molecule has 2 aliphatic rings. The molecule has 15 heteroatoms. The van der Waals surface area contributed by atoms with Crippen LogP contribution in [0.4, 0.5) is 11.4 Å². The lowest BCUT2D eigenvalue weighted by Crippen LogP contribution is -2.28. The molecule has 2 aliphatic heterocycles. The Bertz CT molecular complexity index is 2140. The molecule has 0 saturated carbocycles. The lowest BCUT2D eigenvalue weighted by molar-refractivity contribution is -0.438. The Morgan fingerprint density at radius 1 is 0.943 bits per heavy atom. The molecular formula is C38H48N6O7S2. The minimum atomic E-state index is -4.58. The normalized spacial score (nSPS) is 17.3. The number of likely N-dealkylation sites (N-methyl/N-ethyl adjacent to an activating group) is 1. The van der Waals surface area contributed by atoms with Gasteiger partial charge in [0.25, 0.3) is 10.1 Å². The molecule has 2 heterocycles. The van der Waals surface area contributed by atoms with E-state index in [0.717, 1.165) is 46.8 Å². The number of nitrogens with one attached hydrogen (secondary N) is 1. The number of carbonyl (C=O) groups excluding carboxylic acids is 1. The number of hydrogen-bond donors (Lipinski definition) is 2. The number of hydrogen-bond acceptors (Lipinski definition) is 8. The first-order chi connectivity index (χ1) is 24.9. The summed E-state index contributed by atoms with van der Waals surface area (Å²) in [5.41, 5.74) is 12.5. The number of allylic oxidation sites excluding steroid dienone is 8. The molecule has 0 spiro atoms. The number of unbranched alkanes of at least 4 members (excludes halogenated alkanes) is 2. The molecule has 53 heavy (non-hydrogen) atoms. The molecule has 0 aliphatic carbocycles. The zero-order valence-corrected chi connectivity index (χ0v) is 32.5. The molecule has 0 atom stereocenters. The Labute approximate surface area is 312 Å². The third-order valence-electron chi connectivity index (χ3n) is 9.69. The van der Waals surface area contributed by atoms with E-state index in [2.05, 4.69) is 24.8 Å². The van der Waals surface area contributed by atoms with Gasteiger partial charge >= 0.3 is 0 Å². The molecule has 13 nitrogen and oxygen atoms in total. The van der Waals surface area contributed by atoms with Crippen LogP contribution in [0, 0.1) is 0 Å². The molecule has 0 saturated heterocycles. The van der Waals surface area contributed by atoms with E-state index in [9.17, 15) is 30.7 Å². The second kappa shape index (κ2) is 17.1. The van der Waals surface area contributed by atoms with E-state index in [1.54, 1.807) is 12.1 Å². The fourth-order valence-electron chi connectivity index (χ4n) is 6.94. The van der Waals surface area contributed by atoms with Crippen LogP contribution in [0.25, 0.3) is 10.4 Å². The van der Waals surface area contributed by atoms with Crippen LogP contribution >= 0.6 is 0 Å². The molecule has 1 amide bonds. The predicted octanol–water partition coefficient (Wildman–Crippen LogP) is 6.96. The van der Waals surface area contributed by atoms with Crippen molar-refractivity contribution in [2.75, 3.05) is 31.1 Å². The molecule has 284 valence electrons. The Kier molecular flexibility index (Phi) is 13.3. The van der Waals surface area contributed by atoms with Crippen LogP contribution < -0.4 is 10.2 Å². The average molecular weight is 765 g/mol. The predicted molar refractivity (Wildman–Crippen MR) is 205 cm³/mol. The number of carbonyl (C=O) groups is 1. The van der Waals surface area contributed by atoms with Gasteiger partial charge in [-0.25, -0.2) is 8.42 Å². The molecule has 2 aromatic carbocycles. The van der Waals surface area contributed by atoms with Gasteiger partial charge in [0, 0.05) is 71.9 Å². The van der Waals surface area contributed by atoms with E-state index in [-0.39, 0.29) is 15.7 Å². The summed E-state index contributed by atoms with van der Waals surface area (Å²) in [4.78, 5) is 16.6. The van der Waals surface area contributed by atoms with Gasteiger partial charge in [-0.1, -0.05) is 49.3 Å². The van der Waals surface area contributed by atoms with E-state index >= 15 is 0 Å². The minimum absolute atomic E-state index is 0.0460. The largest absolute Gasteiger partial charge is 0.744 e. The Morgan fingerprint density at radius 3 is 2.30 bits per heavy atom. The van der Waals surface area contributed by atoms with E-state index in [0.29, 0.717) is 45.4 Å². The van der Waals surface area contributed by atoms with Crippen LogP contribution in [-0.4, -0.2) is 68.3 Å². The minimum Gasteiger partial charge on any atom is -0.744 e. The van der Waals surface area contributed by atoms with Gasteiger partial charge in [-0.05, 0) is 87.5 Å². The van der Waals surface area contributed by atoms with Gasteiger partial charge in [0.15, 0.2) is 5.71 Å². The number of nitrogens with zero attached hydrogens (tertiary/aromatic N) is 5. The summed E-state index contributed by atoms with van der Waals surface area (Å²) >= 11 is 0. The van der Waals surface area contributed by atoms with Crippen LogP contribution in [0.5, 0.6) is 0 Å². The Hall–Kier alpha value is -4.53. The fraction of sp³-hybridized carbons (Fsp3) is 0.421. The molecule has 2 aromatic rings. The third-order valence-corrected chi connectivity index (χ3v) is 11.4. The third kappa shape index (κ3) is 9.72. The number of fused-ring (bicyclic) bond motifs is 2. The molecule has 0 aromatic heterocycles. The van der Waals surface area contributed by atoms with Crippen molar-refractivity contribution in [1.82, 2.24) is 5.32 Å². The fourth-order valence-corrected chi connectivity index (χ4v) is 7.94. The average Bonchev–Trinajstić information content (AvgIpc) is 3.44. The molecule has 0 bridgehead atoms. The van der Waals surface area contributed by atoms with Crippen molar-refractivity contribution in [1.29, 1.82) is 0 Å². The maximum absolute atomic E-state index is 12.2. The molecular weight excluding hydrogens is 717 g/mol. The van der Waals surface area contributed by atoms with Crippen LogP contribution in [0.3, 0.4) is 0 Å². The molecule has 0 fully saturated rings. The SMILES string of the molecule is CCN1/C(=C/C=C/C=C/C=C/C2=[N+](CCCCCC(=O)NCCCN=[N+]=[N-])c3ccc(S(=O)(=O)O)cc3C2(C)C)C(C)(C)c2cc(S(=O)(=O)[O-])ccc21. The van der Waals surface area contributed by atoms with Crippen LogP contribution in [-0.2, 0) is 35.9 Å². The highest BCUT2D eigenvalue weighted by Crippen LogP contribution is 2.48. The lowest BCUT2D eigenvalue weighted by Gasteiger charge is -2.25. The van der Waals surface area contributed by atoms with Crippen molar-refractivity contribution in [3.8, 4) is 0 Å². The van der Waals surface area contributed by atoms with Crippen LogP contribution in [0.1, 0.15) is 77.8 Å². The highest BCUT2D eigenvalue weighted by Gasteiger charge is 2.45. The Morgan fingerprint density at radius 2 is 1.62 bits per heavy atom. The summed E-state index contributed by atoms with van der Waals surface area (Å²) in [5.74, 6) is -0.0460. The van der Waals surface area contributed by atoms with Crippen molar-refractivity contribution >= 4 is 43.2 Å². The van der Waals surface area contributed by atoms with Crippen LogP contribution in [0.15, 0.2) is 99.5 Å². The van der Waals surface area contributed by atoms with Gasteiger partial charge in [0.2, 0.25) is 11.6 Å². The van der Waals surface area contributed by atoms with Gasteiger partial charge in [-0.3, -0.25) is 9.35 Å². The van der Waals surface area contributed by atoms with E-state index < -0.39 is 31.1 Å². The number of amides is 1. The van der Waals surface area contributed by atoms with E-state index in [1.165, 1.54) is 24.3 Å². The second-order valence-electron chi connectivity index (χ2n) is 14.0. The maximum atomic E-state index is 12.2. The lowest BCUT2D eigenvalue weighted by atomic mass is 9.81.